The van der Waals surface area contributed by atoms with Crippen LogP contribution in [0.2, 0.25) is 0 Å². The lowest BCUT2D eigenvalue weighted by Crippen LogP contribution is -2.48. The van der Waals surface area contributed by atoms with Gasteiger partial charge in [0.1, 0.15) is 0 Å². The molecule has 0 aromatic heterocycles. The number of Topliss-reactive ketones (excluding diaryl/α,β-unsaturated/α-hetero) is 1. The standard InChI is InChI=1S/C19H22O5S/c1-3-23-18(21)19(22)11-15(12-7-9-13(25-2)10-8-12)14-5-4-6-16(20)17(14)24-19/h7-10,15,22H,3-6,11H2,1-2H3/t15-,19+/m0/s1. The Morgan fingerprint density at radius 3 is 2.72 bits per heavy atom. The molecule has 1 heterocycles. The summed E-state index contributed by atoms with van der Waals surface area (Å²) in [5.41, 5.74) is 1.84. The molecule has 2 aliphatic rings. The van der Waals surface area contributed by atoms with Crippen molar-refractivity contribution in [2.45, 2.75) is 49.2 Å². The smallest absolute Gasteiger partial charge is 0.379 e. The van der Waals surface area contributed by atoms with Gasteiger partial charge in [-0.15, -0.1) is 11.8 Å². The minimum atomic E-state index is -2.12. The Hall–Kier alpha value is -1.79. The summed E-state index contributed by atoms with van der Waals surface area (Å²) in [6.07, 6.45) is 3.92. The fourth-order valence-corrected chi connectivity index (χ4v) is 3.84. The number of ketones is 1. The normalized spacial score (nSPS) is 26.0. The summed E-state index contributed by atoms with van der Waals surface area (Å²) in [7, 11) is 0. The van der Waals surface area contributed by atoms with Crippen LogP contribution in [0.4, 0.5) is 0 Å². The van der Waals surface area contributed by atoms with Crippen LogP contribution in [0.25, 0.3) is 0 Å². The van der Waals surface area contributed by atoms with Gasteiger partial charge in [-0.2, -0.15) is 0 Å². The number of hydrogen-bond donors (Lipinski definition) is 1. The van der Waals surface area contributed by atoms with Gasteiger partial charge in [0.15, 0.2) is 11.5 Å². The number of ether oxygens (including phenoxy) is 2. The SMILES string of the molecule is CCOC(=O)[C@@]1(O)C[C@@H](c2ccc(SC)cc2)C2=C(O1)C(=O)CCC2. The van der Waals surface area contributed by atoms with E-state index in [9.17, 15) is 14.7 Å². The van der Waals surface area contributed by atoms with Gasteiger partial charge in [0.2, 0.25) is 0 Å². The topological polar surface area (TPSA) is 72.8 Å². The van der Waals surface area contributed by atoms with Crippen LogP contribution < -0.4 is 0 Å². The highest BCUT2D eigenvalue weighted by Crippen LogP contribution is 2.45. The molecule has 3 rings (SSSR count). The van der Waals surface area contributed by atoms with E-state index in [-0.39, 0.29) is 30.5 Å². The van der Waals surface area contributed by atoms with E-state index in [1.807, 2.05) is 30.5 Å². The van der Waals surface area contributed by atoms with Crippen LogP contribution >= 0.6 is 11.8 Å². The van der Waals surface area contributed by atoms with Gasteiger partial charge < -0.3 is 14.6 Å². The monoisotopic (exact) mass is 362 g/mol. The van der Waals surface area contributed by atoms with Gasteiger partial charge in [0.05, 0.1) is 6.61 Å². The molecule has 0 saturated heterocycles. The largest absolute Gasteiger partial charge is 0.461 e. The van der Waals surface area contributed by atoms with Crippen LogP contribution in [-0.2, 0) is 19.1 Å². The molecule has 1 aliphatic carbocycles. The minimum Gasteiger partial charge on any atom is -0.461 e. The number of rotatable bonds is 4. The molecular weight excluding hydrogens is 340 g/mol. The van der Waals surface area contributed by atoms with Gasteiger partial charge in [-0.1, -0.05) is 12.1 Å². The number of aliphatic hydroxyl groups is 1. The predicted molar refractivity (Wildman–Crippen MR) is 94.1 cm³/mol. The van der Waals surface area contributed by atoms with E-state index < -0.39 is 11.8 Å². The van der Waals surface area contributed by atoms with Crippen molar-refractivity contribution in [1.82, 2.24) is 0 Å². The average molecular weight is 362 g/mol. The Kier molecular flexibility index (Phi) is 5.20. The third kappa shape index (κ3) is 3.46. The summed E-state index contributed by atoms with van der Waals surface area (Å²) in [6.45, 7) is 1.80. The van der Waals surface area contributed by atoms with Gasteiger partial charge in [0, 0.05) is 23.7 Å². The van der Waals surface area contributed by atoms with E-state index in [0.717, 1.165) is 28.9 Å². The maximum absolute atomic E-state index is 12.3. The molecule has 0 bridgehead atoms. The van der Waals surface area contributed by atoms with Crippen molar-refractivity contribution in [1.29, 1.82) is 0 Å². The molecule has 0 amide bonds. The summed E-state index contributed by atoms with van der Waals surface area (Å²) in [5, 5.41) is 10.8. The zero-order valence-corrected chi connectivity index (χ0v) is 15.2. The van der Waals surface area contributed by atoms with Crippen LogP contribution in [0.15, 0.2) is 40.5 Å². The first-order valence-corrected chi connectivity index (χ1v) is 9.69. The van der Waals surface area contributed by atoms with E-state index in [2.05, 4.69) is 0 Å². The number of esters is 1. The highest BCUT2D eigenvalue weighted by atomic mass is 32.2. The van der Waals surface area contributed by atoms with Crippen molar-refractivity contribution in [3.63, 3.8) is 0 Å². The second-order valence-corrected chi connectivity index (χ2v) is 7.15. The Morgan fingerprint density at radius 2 is 2.08 bits per heavy atom. The predicted octanol–water partition coefficient (Wildman–Crippen LogP) is 3.17. The zero-order chi connectivity index (χ0) is 18.0. The maximum atomic E-state index is 12.3. The number of thioether (sulfide) groups is 1. The van der Waals surface area contributed by atoms with Gasteiger partial charge in [-0.25, -0.2) is 4.79 Å². The van der Waals surface area contributed by atoms with Gasteiger partial charge in [-0.3, -0.25) is 4.79 Å². The maximum Gasteiger partial charge on any atom is 0.379 e. The number of hydrogen-bond acceptors (Lipinski definition) is 6. The van der Waals surface area contributed by atoms with Gasteiger partial charge >= 0.3 is 11.8 Å². The molecule has 0 unspecified atom stereocenters. The summed E-state index contributed by atoms with van der Waals surface area (Å²) in [6, 6.07) is 7.97. The number of benzene rings is 1. The van der Waals surface area contributed by atoms with Crippen LogP contribution in [0, 0.1) is 0 Å². The molecule has 5 nitrogen and oxygen atoms in total. The summed E-state index contributed by atoms with van der Waals surface area (Å²) < 4.78 is 10.5. The number of carbonyl (C=O) groups is 2. The Morgan fingerprint density at radius 1 is 1.36 bits per heavy atom. The molecular formula is C19H22O5S. The second kappa shape index (κ2) is 7.22. The lowest BCUT2D eigenvalue weighted by molar-refractivity contribution is -0.223. The van der Waals surface area contributed by atoms with E-state index in [4.69, 9.17) is 9.47 Å². The van der Waals surface area contributed by atoms with Crippen molar-refractivity contribution in [3.8, 4) is 0 Å². The van der Waals surface area contributed by atoms with E-state index in [0.29, 0.717) is 6.42 Å². The average Bonchev–Trinajstić information content (AvgIpc) is 2.62. The lowest BCUT2D eigenvalue weighted by atomic mass is 9.77. The van der Waals surface area contributed by atoms with Crippen LogP contribution in [0.1, 0.15) is 44.1 Å². The van der Waals surface area contributed by atoms with Crippen molar-refractivity contribution in [2.24, 2.45) is 0 Å². The minimum absolute atomic E-state index is 0.0521. The molecule has 0 radical (unpaired) electrons. The van der Waals surface area contributed by atoms with Crippen LogP contribution in [0.5, 0.6) is 0 Å². The first-order valence-electron chi connectivity index (χ1n) is 8.47. The Balaban J connectivity index is 2.02. The summed E-state index contributed by atoms with van der Waals surface area (Å²) >= 11 is 1.64. The second-order valence-electron chi connectivity index (χ2n) is 6.27. The number of allylic oxidation sites excluding steroid dienone is 2. The fourth-order valence-electron chi connectivity index (χ4n) is 3.43. The molecule has 1 aliphatic heterocycles. The van der Waals surface area contributed by atoms with Crippen LogP contribution in [0.3, 0.4) is 0 Å². The highest BCUT2D eigenvalue weighted by molar-refractivity contribution is 7.98. The van der Waals surface area contributed by atoms with Crippen LogP contribution in [-0.4, -0.2) is 35.5 Å². The van der Waals surface area contributed by atoms with Crippen molar-refractivity contribution < 1.29 is 24.2 Å². The third-order valence-corrected chi connectivity index (χ3v) is 5.42. The Bertz CT molecular complexity index is 709. The fraction of sp³-hybridized carbons (Fsp3) is 0.474. The van der Waals surface area contributed by atoms with E-state index in [1.165, 1.54) is 0 Å². The zero-order valence-electron chi connectivity index (χ0n) is 14.4. The van der Waals surface area contributed by atoms with Crippen molar-refractivity contribution in [2.75, 3.05) is 12.9 Å². The van der Waals surface area contributed by atoms with E-state index in [1.54, 1.807) is 18.7 Å². The summed E-state index contributed by atoms with van der Waals surface area (Å²) in [5.74, 6) is -3.21. The molecule has 0 fully saturated rings. The van der Waals surface area contributed by atoms with Crippen molar-refractivity contribution in [3.05, 3.63) is 41.2 Å². The third-order valence-electron chi connectivity index (χ3n) is 4.68. The first-order chi connectivity index (χ1) is 12.0. The lowest BCUT2D eigenvalue weighted by Gasteiger charge is -2.39. The molecule has 1 N–H and O–H groups in total. The highest BCUT2D eigenvalue weighted by Gasteiger charge is 2.50. The summed E-state index contributed by atoms with van der Waals surface area (Å²) in [4.78, 5) is 25.7. The molecule has 0 saturated carbocycles. The molecule has 2 atom stereocenters. The number of carbonyl (C=O) groups excluding carboxylic acids is 2. The van der Waals surface area contributed by atoms with Gasteiger partial charge in [-0.05, 0) is 49.3 Å². The molecule has 0 spiro atoms. The first kappa shape index (κ1) is 18.0. The Labute approximate surface area is 151 Å². The quantitative estimate of drug-likeness (QED) is 0.655. The molecule has 25 heavy (non-hydrogen) atoms. The van der Waals surface area contributed by atoms with E-state index >= 15 is 0 Å². The van der Waals surface area contributed by atoms with Crippen molar-refractivity contribution >= 4 is 23.5 Å². The molecule has 134 valence electrons. The molecule has 1 aromatic rings. The molecule has 6 heteroatoms. The van der Waals surface area contributed by atoms with Gasteiger partial charge in [0.25, 0.3) is 0 Å². The molecule has 1 aromatic carbocycles.